The predicted molar refractivity (Wildman–Crippen MR) is 118 cm³/mol. The lowest BCUT2D eigenvalue weighted by molar-refractivity contribution is -0.140. The fourth-order valence-corrected chi connectivity index (χ4v) is 4.94. The van der Waals surface area contributed by atoms with Crippen LogP contribution in [-0.4, -0.2) is 41.8 Å². The molecule has 2 atom stereocenters. The van der Waals surface area contributed by atoms with Crippen LogP contribution >= 0.6 is 0 Å². The van der Waals surface area contributed by atoms with E-state index in [9.17, 15) is 14.4 Å². The Labute approximate surface area is 183 Å². The van der Waals surface area contributed by atoms with Gasteiger partial charge in [0.05, 0.1) is 5.56 Å². The number of hydrogen-bond acceptors (Lipinski definition) is 4. The molecule has 1 aliphatic heterocycles. The highest BCUT2D eigenvalue weighted by Gasteiger charge is 2.36. The number of piperidine rings is 1. The van der Waals surface area contributed by atoms with E-state index >= 15 is 0 Å². The van der Waals surface area contributed by atoms with Gasteiger partial charge in [-0.1, -0.05) is 60.9 Å². The van der Waals surface area contributed by atoms with E-state index in [0.717, 1.165) is 31.4 Å². The molecular weight excluding hydrogens is 390 g/mol. The van der Waals surface area contributed by atoms with Crippen LogP contribution in [0.2, 0.25) is 0 Å². The van der Waals surface area contributed by atoms with Crippen molar-refractivity contribution >= 4 is 17.7 Å². The normalized spacial score (nSPS) is 20.6. The van der Waals surface area contributed by atoms with Crippen LogP contribution in [0.15, 0.2) is 48.5 Å². The average Bonchev–Trinajstić information content (AvgIpc) is 2.82. The summed E-state index contributed by atoms with van der Waals surface area (Å²) in [6.45, 7) is 2.41. The van der Waals surface area contributed by atoms with E-state index < -0.39 is 5.97 Å². The summed E-state index contributed by atoms with van der Waals surface area (Å²) in [6.07, 6.45) is 6.81. The zero-order chi connectivity index (χ0) is 21.8. The third-order valence-corrected chi connectivity index (χ3v) is 6.60. The second-order valence-corrected chi connectivity index (χ2v) is 8.66. The first-order valence-corrected chi connectivity index (χ1v) is 11.2. The lowest BCUT2D eigenvalue weighted by Crippen LogP contribution is -2.50. The van der Waals surface area contributed by atoms with Gasteiger partial charge in [0.2, 0.25) is 0 Å². The molecule has 2 aromatic carbocycles. The Bertz CT molecular complexity index is 964. The number of ether oxygens (including phenoxy) is 1. The molecule has 1 saturated carbocycles. The van der Waals surface area contributed by atoms with Crippen molar-refractivity contribution in [1.82, 2.24) is 4.90 Å². The summed E-state index contributed by atoms with van der Waals surface area (Å²) in [5.74, 6) is -0.427. The first-order valence-electron chi connectivity index (χ1n) is 11.2. The molecule has 5 heteroatoms. The number of rotatable bonds is 5. The van der Waals surface area contributed by atoms with E-state index in [1.165, 1.54) is 19.3 Å². The molecule has 0 bridgehead atoms. The van der Waals surface area contributed by atoms with E-state index in [1.807, 2.05) is 24.0 Å². The Morgan fingerprint density at radius 3 is 2.35 bits per heavy atom. The van der Waals surface area contributed by atoms with Gasteiger partial charge in [0.15, 0.2) is 12.4 Å². The zero-order valence-electron chi connectivity index (χ0n) is 18.0. The van der Waals surface area contributed by atoms with E-state index in [2.05, 4.69) is 0 Å². The standard InChI is InChI=1S/C26H29NO4/c1-18-12-14-20(15-13-18)25(29)21-9-3-4-10-22(21)26(30)31-17-24(28)27-16-6-8-19-7-2-5-11-23(19)27/h3-4,9-10,12-15,19,23H,2,5-8,11,16-17H2,1H3/t19-,23-/m0/s1. The lowest BCUT2D eigenvalue weighted by atomic mass is 9.78. The Hall–Kier alpha value is -2.95. The van der Waals surface area contributed by atoms with Crippen molar-refractivity contribution in [3.63, 3.8) is 0 Å². The Morgan fingerprint density at radius 2 is 1.58 bits per heavy atom. The second-order valence-electron chi connectivity index (χ2n) is 8.66. The largest absolute Gasteiger partial charge is 0.452 e. The number of nitrogens with zero attached hydrogens (tertiary/aromatic N) is 1. The van der Waals surface area contributed by atoms with Crippen LogP contribution < -0.4 is 0 Å². The number of hydrogen-bond donors (Lipinski definition) is 0. The van der Waals surface area contributed by atoms with Gasteiger partial charge in [0.25, 0.3) is 5.91 Å². The maximum atomic E-state index is 12.9. The maximum absolute atomic E-state index is 12.9. The second kappa shape index (κ2) is 9.46. The van der Waals surface area contributed by atoms with Gasteiger partial charge in [-0.15, -0.1) is 0 Å². The summed E-state index contributed by atoms with van der Waals surface area (Å²) in [5, 5.41) is 0. The van der Waals surface area contributed by atoms with Gasteiger partial charge in [-0.2, -0.15) is 0 Å². The molecule has 1 amide bonds. The molecule has 0 radical (unpaired) electrons. The van der Waals surface area contributed by atoms with Crippen LogP contribution in [0.3, 0.4) is 0 Å². The third-order valence-electron chi connectivity index (χ3n) is 6.60. The molecule has 0 N–H and O–H groups in total. The Balaban J connectivity index is 1.44. The summed E-state index contributed by atoms with van der Waals surface area (Å²) in [7, 11) is 0. The van der Waals surface area contributed by atoms with Gasteiger partial charge in [-0.25, -0.2) is 4.79 Å². The van der Waals surface area contributed by atoms with E-state index in [-0.39, 0.29) is 35.5 Å². The fourth-order valence-electron chi connectivity index (χ4n) is 4.94. The number of carbonyl (C=O) groups is 3. The third kappa shape index (κ3) is 4.71. The first kappa shape index (κ1) is 21.3. The minimum Gasteiger partial charge on any atom is -0.452 e. The molecule has 2 fully saturated rings. The van der Waals surface area contributed by atoms with Gasteiger partial charge >= 0.3 is 5.97 Å². The number of ketones is 1. The van der Waals surface area contributed by atoms with Crippen LogP contribution in [0.25, 0.3) is 0 Å². The van der Waals surface area contributed by atoms with Crippen LogP contribution in [0.1, 0.15) is 70.4 Å². The van der Waals surface area contributed by atoms with Crippen molar-refractivity contribution in [3.8, 4) is 0 Å². The molecule has 0 spiro atoms. The van der Waals surface area contributed by atoms with Crippen LogP contribution in [0.4, 0.5) is 0 Å². The highest BCUT2D eigenvalue weighted by Crippen LogP contribution is 2.35. The van der Waals surface area contributed by atoms with Crippen LogP contribution in [0, 0.1) is 12.8 Å². The molecule has 1 heterocycles. The number of carbonyl (C=O) groups excluding carboxylic acids is 3. The summed E-state index contributed by atoms with van der Waals surface area (Å²) in [5.41, 5.74) is 2.04. The minimum atomic E-state index is -0.637. The smallest absolute Gasteiger partial charge is 0.339 e. The van der Waals surface area contributed by atoms with Gasteiger partial charge in [-0.3, -0.25) is 9.59 Å². The van der Waals surface area contributed by atoms with Crippen molar-refractivity contribution < 1.29 is 19.1 Å². The van der Waals surface area contributed by atoms with Crippen molar-refractivity contribution in [2.75, 3.05) is 13.2 Å². The monoisotopic (exact) mass is 419 g/mol. The molecule has 5 nitrogen and oxygen atoms in total. The maximum Gasteiger partial charge on any atom is 0.339 e. The van der Waals surface area contributed by atoms with Gasteiger partial charge in [-0.05, 0) is 44.6 Å². The minimum absolute atomic E-state index is 0.132. The SMILES string of the molecule is Cc1ccc(C(=O)c2ccccc2C(=O)OCC(=O)N2CCC[C@@H]3CCCC[C@@H]32)cc1. The lowest BCUT2D eigenvalue weighted by Gasteiger charge is -2.44. The Kier molecular flexibility index (Phi) is 6.50. The van der Waals surface area contributed by atoms with Gasteiger partial charge < -0.3 is 9.64 Å². The molecule has 0 unspecified atom stereocenters. The number of fused-ring (bicyclic) bond motifs is 1. The summed E-state index contributed by atoms with van der Waals surface area (Å²) < 4.78 is 5.39. The van der Waals surface area contributed by atoms with E-state index in [0.29, 0.717) is 11.5 Å². The first-order chi connectivity index (χ1) is 15.0. The quantitative estimate of drug-likeness (QED) is 0.526. The molecular formula is C26H29NO4. The van der Waals surface area contributed by atoms with Gasteiger partial charge in [0.1, 0.15) is 0 Å². The molecule has 2 aromatic rings. The molecule has 1 aliphatic carbocycles. The summed E-state index contributed by atoms with van der Waals surface area (Å²) in [6, 6.07) is 14.1. The average molecular weight is 420 g/mol. The summed E-state index contributed by atoms with van der Waals surface area (Å²) in [4.78, 5) is 40.5. The van der Waals surface area contributed by atoms with Crippen molar-refractivity contribution in [2.24, 2.45) is 5.92 Å². The molecule has 0 aromatic heterocycles. The number of esters is 1. The molecule has 31 heavy (non-hydrogen) atoms. The molecule has 162 valence electrons. The molecule has 4 rings (SSSR count). The van der Waals surface area contributed by atoms with Crippen molar-refractivity contribution in [3.05, 3.63) is 70.8 Å². The van der Waals surface area contributed by atoms with Crippen LogP contribution in [0.5, 0.6) is 0 Å². The number of benzene rings is 2. The number of likely N-dealkylation sites (tertiary alicyclic amines) is 1. The topological polar surface area (TPSA) is 63.7 Å². The number of aryl methyl sites for hydroxylation is 1. The number of amides is 1. The Morgan fingerprint density at radius 1 is 0.903 bits per heavy atom. The highest BCUT2D eigenvalue weighted by atomic mass is 16.5. The predicted octanol–water partition coefficient (Wildman–Crippen LogP) is 4.56. The van der Waals surface area contributed by atoms with Crippen LogP contribution in [-0.2, 0) is 9.53 Å². The fraction of sp³-hybridized carbons (Fsp3) is 0.423. The van der Waals surface area contributed by atoms with Crippen molar-refractivity contribution in [1.29, 1.82) is 0 Å². The van der Waals surface area contributed by atoms with Crippen molar-refractivity contribution in [2.45, 2.75) is 51.5 Å². The van der Waals surface area contributed by atoms with E-state index in [1.54, 1.807) is 36.4 Å². The molecule has 1 saturated heterocycles. The highest BCUT2D eigenvalue weighted by molar-refractivity contribution is 6.14. The van der Waals surface area contributed by atoms with E-state index in [4.69, 9.17) is 4.74 Å². The molecule has 2 aliphatic rings. The van der Waals surface area contributed by atoms with Gasteiger partial charge in [0, 0.05) is 23.7 Å². The summed E-state index contributed by atoms with van der Waals surface area (Å²) >= 11 is 0. The zero-order valence-corrected chi connectivity index (χ0v) is 18.0.